The van der Waals surface area contributed by atoms with Gasteiger partial charge in [-0.1, -0.05) is 32.9 Å². The Balaban J connectivity index is 2.05. The molecule has 1 fully saturated rings. The van der Waals surface area contributed by atoms with Crippen LogP contribution in [0.1, 0.15) is 38.8 Å². The minimum Gasteiger partial charge on any atom is -0.367 e. The van der Waals surface area contributed by atoms with Crippen LogP contribution in [0.3, 0.4) is 0 Å². The van der Waals surface area contributed by atoms with Crippen LogP contribution >= 0.6 is 11.8 Å². The second kappa shape index (κ2) is 7.55. The predicted octanol–water partition coefficient (Wildman–Crippen LogP) is 4.07. The summed E-state index contributed by atoms with van der Waals surface area (Å²) in [4.78, 5) is 2.59. The fourth-order valence-corrected chi connectivity index (χ4v) is 4.03. The Morgan fingerprint density at radius 2 is 2.10 bits per heavy atom. The van der Waals surface area contributed by atoms with Gasteiger partial charge in [-0.25, -0.2) is 0 Å². The van der Waals surface area contributed by atoms with Crippen molar-refractivity contribution in [2.75, 3.05) is 23.7 Å². The van der Waals surface area contributed by atoms with Gasteiger partial charge in [0.05, 0.1) is 0 Å². The zero-order chi connectivity index (χ0) is 15.4. The Bertz CT molecular complexity index is 459. The van der Waals surface area contributed by atoms with Crippen molar-refractivity contribution in [2.45, 2.75) is 52.5 Å². The summed E-state index contributed by atoms with van der Waals surface area (Å²) in [7, 11) is 0. The van der Waals surface area contributed by atoms with Crippen LogP contribution in [0.25, 0.3) is 0 Å². The number of thioether (sulfide) groups is 1. The van der Waals surface area contributed by atoms with Crippen molar-refractivity contribution < 1.29 is 0 Å². The molecule has 1 aromatic rings. The van der Waals surface area contributed by atoms with Gasteiger partial charge in [-0.3, -0.25) is 0 Å². The number of nitrogens with zero attached hydrogens (tertiary/aromatic N) is 1. The molecule has 1 aromatic carbocycles. The third-order valence-electron chi connectivity index (χ3n) is 4.34. The van der Waals surface area contributed by atoms with E-state index in [1.807, 2.05) is 0 Å². The molecule has 0 bridgehead atoms. The first-order chi connectivity index (χ1) is 9.99. The summed E-state index contributed by atoms with van der Waals surface area (Å²) in [6, 6.07) is 7.57. The number of hydrogen-bond acceptors (Lipinski definition) is 3. The minimum absolute atomic E-state index is 0.618. The fraction of sp³-hybridized carbons (Fsp3) is 0.667. The Kier molecular flexibility index (Phi) is 6.00. The summed E-state index contributed by atoms with van der Waals surface area (Å²) >= 11 is 2.10. The summed E-state index contributed by atoms with van der Waals surface area (Å²) in [5, 5.41) is 4.24. The van der Waals surface area contributed by atoms with Crippen molar-refractivity contribution in [1.29, 1.82) is 0 Å². The Labute approximate surface area is 134 Å². The van der Waals surface area contributed by atoms with E-state index >= 15 is 0 Å². The van der Waals surface area contributed by atoms with Crippen LogP contribution in [-0.4, -0.2) is 30.1 Å². The lowest BCUT2D eigenvalue weighted by atomic mass is 10.1. The van der Waals surface area contributed by atoms with Gasteiger partial charge in [-0.2, -0.15) is 11.8 Å². The van der Waals surface area contributed by atoms with Crippen LogP contribution in [0.4, 0.5) is 5.69 Å². The highest BCUT2D eigenvalue weighted by Gasteiger charge is 2.26. The molecule has 2 rings (SSSR count). The van der Waals surface area contributed by atoms with Crippen molar-refractivity contribution in [2.24, 2.45) is 5.92 Å². The number of nitrogens with one attached hydrogen (secondary N) is 1. The lowest BCUT2D eigenvalue weighted by Gasteiger charge is -2.40. The summed E-state index contributed by atoms with van der Waals surface area (Å²) in [6.45, 7) is 14.7. The third kappa shape index (κ3) is 4.40. The Morgan fingerprint density at radius 3 is 2.76 bits per heavy atom. The summed E-state index contributed by atoms with van der Waals surface area (Å²) in [5.41, 5.74) is 4.22. The minimum atomic E-state index is 0.618. The van der Waals surface area contributed by atoms with Crippen LogP contribution < -0.4 is 10.2 Å². The van der Waals surface area contributed by atoms with E-state index in [2.05, 4.69) is 74.8 Å². The number of aryl methyl sites for hydroxylation is 1. The van der Waals surface area contributed by atoms with Gasteiger partial charge in [0.25, 0.3) is 0 Å². The zero-order valence-corrected chi connectivity index (χ0v) is 15.0. The molecule has 21 heavy (non-hydrogen) atoms. The summed E-state index contributed by atoms with van der Waals surface area (Å²) in [6.07, 6.45) is 0. The molecule has 1 N–H and O–H groups in total. The molecule has 1 aliphatic heterocycles. The second-order valence-corrected chi connectivity index (χ2v) is 8.14. The van der Waals surface area contributed by atoms with E-state index in [-0.39, 0.29) is 0 Å². The molecule has 0 saturated carbocycles. The van der Waals surface area contributed by atoms with E-state index in [9.17, 15) is 0 Å². The van der Waals surface area contributed by atoms with Crippen LogP contribution in [-0.2, 0) is 6.54 Å². The van der Waals surface area contributed by atoms with Crippen molar-refractivity contribution in [1.82, 2.24) is 5.32 Å². The normalized spacial score (nSPS) is 22.9. The highest BCUT2D eigenvalue weighted by Crippen LogP contribution is 2.31. The SMILES string of the molecule is Cc1cc(CNCC(C)C)ccc1N1CCSC(C)C1C. The first-order valence-corrected chi connectivity index (χ1v) is 9.22. The van der Waals surface area contributed by atoms with Gasteiger partial charge < -0.3 is 10.2 Å². The first-order valence-electron chi connectivity index (χ1n) is 8.17. The molecule has 0 aliphatic carbocycles. The van der Waals surface area contributed by atoms with Crippen molar-refractivity contribution in [3.63, 3.8) is 0 Å². The molecule has 0 spiro atoms. The topological polar surface area (TPSA) is 15.3 Å². The quantitative estimate of drug-likeness (QED) is 0.883. The van der Waals surface area contributed by atoms with Gasteiger partial charge in [0.1, 0.15) is 0 Å². The maximum absolute atomic E-state index is 3.53. The fourth-order valence-electron chi connectivity index (χ4n) is 2.93. The van der Waals surface area contributed by atoms with Crippen molar-refractivity contribution >= 4 is 17.4 Å². The van der Waals surface area contributed by atoms with Gasteiger partial charge in [0.2, 0.25) is 0 Å². The van der Waals surface area contributed by atoms with Crippen molar-refractivity contribution in [3.8, 4) is 0 Å². The molecule has 1 aliphatic rings. The highest BCUT2D eigenvalue weighted by molar-refractivity contribution is 8.00. The summed E-state index contributed by atoms with van der Waals surface area (Å²) < 4.78 is 0. The lowest BCUT2D eigenvalue weighted by Crippen LogP contribution is -2.45. The molecule has 0 aromatic heterocycles. The van der Waals surface area contributed by atoms with E-state index in [4.69, 9.17) is 0 Å². The van der Waals surface area contributed by atoms with Gasteiger partial charge in [0, 0.05) is 35.8 Å². The molecule has 2 unspecified atom stereocenters. The Morgan fingerprint density at radius 1 is 1.33 bits per heavy atom. The van der Waals surface area contributed by atoms with E-state index in [1.54, 1.807) is 0 Å². The van der Waals surface area contributed by atoms with Crippen LogP contribution in [0.15, 0.2) is 18.2 Å². The largest absolute Gasteiger partial charge is 0.367 e. The number of hydrogen-bond donors (Lipinski definition) is 1. The van der Waals surface area contributed by atoms with Crippen molar-refractivity contribution in [3.05, 3.63) is 29.3 Å². The lowest BCUT2D eigenvalue weighted by molar-refractivity contribution is 0.552. The van der Waals surface area contributed by atoms with E-state index in [1.165, 1.54) is 29.1 Å². The number of anilines is 1. The molecular weight excluding hydrogens is 276 g/mol. The standard InChI is InChI=1S/C18H30N2S/c1-13(2)11-19-12-17-6-7-18(14(3)10-17)20-8-9-21-16(5)15(20)4/h6-7,10,13,15-16,19H,8-9,11-12H2,1-5H3. The monoisotopic (exact) mass is 306 g/mol. The van der Waals surface area contributed by atoms with E-state index in [0.29, 0.717) is 17.2 Å². The number of rotatable bonds is 5. The van der Waals surface area contributed by atoms with E-state index < -0.39 is 0 Å². The predicted molar refractivity (Wildman–Crippen MR) is 96.5 cm³/mol. The first kappa shape index (κ1) is 16.7. The highest BCUT2D eigenvalue weighted by atomic mass is 32.2. The molecule has 0 amide bonds. The zero-order valence-electron chi connectivity index (χ0n) is 14.1. The maximum Gasteiger partial charge on any atom is 0.0399 e. The summed E-state index contributed by atoms with van der Waals surface area (Å²) in [5.74, 6) is 1.95. The molecular formula is C18H30N2S. The van der Waals surface area contributed by atoms with Crippen LogP contribution in [0.5, 0.6) is 0 Å². The Hall–Kier alpha value is -0.670. The molecule has 1 heterocycles. The average Bonchev–Trinajstić information content (AvgIpc) is 2.42. The molecule has 118 valence electrons. The molecule has 2 nitrogen and oxygen atoms in total. The molecule has 2 atom stereocenters. The maximum atomic E-state index is 3.53. The second-order valence-electron chi connectivity index (χ2n) is 6.66. The van der Waals surface area contributed by atoms with Gasteiger partial charge >= 0.3 is 0 Å². The smallest absolute Gasteiger partial charge is 0.0399 e. The van der Waals surface area contributed by atoms with Gasteiger partial charge in [-0.15, -0.1) is 0 Å². The number of benzene rings is 1. The molecule has 3 heteroatoms. The van der Waals surface area contributed by atoms with E-state index in [0.717, 1.165) is 13.1 Å². The van der Waals surface area contributed by atoms with Gasteiger partial charge in [0.15, 0.2) is 0 Å². The molecule has 0 radical (unpaired) electrons. The van der Waals surface area contributed by atoms with Crippen LogP contribution in [0, 0.1) is 12.8 Å². The van der Waals surface area contributed by atoms with Gasteiger partial charge in [-0.05, 0) is 43.5 Å². The molecule has 1 saturated heterocycles. The third-order valence-corrected chi connectivity index (χ3v) is 5.67. The average molecular weight is 307 g/mol. The van der Waals surface area contributed by atoms with Crippen LogP contribution in [0.2, 0.25) is 0 Å².